The minimum absolute atomic E-state index is 0.565. The van der Waals surface area contributed by atoms with E-state index >= 15 is 0 Å². The van der Waals surface area contributed by atoms with Crippen LogP contribution in [0.1, 0.15) is 0 Å². The van der Waals surface area contributed by atoms with E-state index in [0.29, 0.717) is 21.3 Å². The third kappa shape index (κ3) is 1.84. The van der Waals surface area contributed by atoms with Crippen molar-refractivity contribution < 1.29 is 0 Å². The monoisotopic (exact) mass is 250 g/mol. The average molecular weight is 251 g/mol. The summed E-state index contributed by atoms with van der Waals surface area (Å²) in [6, 6.07) is 11.0. The number of anilines is 2. The molecule has 0 aliphatic rings. The number of hydrogen-bond acceptors (Lipinski definition) is 3. The second-order valence-electron chi connectivity index (χ2n) is 3.45. The molecule has 0 radical (unpaired) electrons. The van der Waals surface area contributed by atoms with Crippen molar-refractivity contribution in [3.8, 4) is 11.1 Å². The lowest BCUT2D eigenvalue weighted by Crippen LogP contribution is -1.96. The highest BCUT2D eigenvalue weighted by molar-refractivity contribution is 7.80. The summed E-state index contributed by atoms with van der Waals surface area (Å²) in [5.41, 5.74) is 14.6. The number of nitrogen functional groups attached to an aromatic ring is 2. The van der Waals surface area contributed by atoms with Gasteiger partial charge in [0.1, 0.15) is 0 Å². The van der Waals surface area contributed by atoms with E-state index in [1.54, 1.807) is 12.1 Å². The Morgan fingerprint density at radius 2 is 1.50 bits per heavy atom. The highest BCUT2D eigenvalue weighted by atomic mass is 35.5. The molecule has 2 aromatic rings. The molecule has 2 nitrogen and oxygen atoms in total. The molecule has 0 aliphatic carbocycles. The smallest absolute Gasteiger partial charge is 0.0619 e. The van der Waals surface area contributed by atoms with Crippen molar-refractivity contribution in [2.24, 2.45) is 0 Å². The normalized spacial score (nSPS) is 10.4. The third-order valence-electron chi connectivity index (χ3n) is 2.38. The van der Waals surface area contributed by atoms with Crippen LogP contribution in [0.3, 0.4) is 0 Å². The largest absolute Gasteiger partial charge is 0.398 e. The minimum Gasteiger partial charge on any atom is -0.398 e. The van der Waals surface area contributed by atoms with Crippen LogP contribution in [-0.4, -0.2) is 0 Å². The first kappa shape index (κ1) is 11.2. The number of benzene rings is 2. The van der Waals surface area contributed by atoms with Crippen molar-refractivity contribution in [1.82, 2.24) is 0 Å². The van der Waals surface area contributed by atoms with Crippen molar-refractivity contribution in [3.05, 3.63) is 41.4 Å². The van der Waals surface area contributed by atoms with Gasteiger partial charge in [0.15, 0.2) is 0 Å². The third-order valence-corrected chi connectivity index (χ3v) is 3.29. The number of hydrogen-bond donors (Lipinski definition) is 3. The molecule has 4 N–H and O–H groups in total. The van der Waals surface area contributed by atoms with Crippen LogP contribution >= 0.6 is 24.2 Å². The highest BCUT2D eigenvalue weighted by Crippen LogP contribution is 2.38. The molecule has 0 unspecified atom stereocenters. The Hall–Kier alpha value is -1.32. The van der Waals surface area contributed by atoms with E-state index in [1.165, 1.54) is 0 Å². The Labute approximate surface area is 105 Å². The molecule has 0 bridgehead atoms. The summed E-state index contributed by atoms with van der Waals surface area (Å²) < 4.78 is 0. The fourth-order valence-corrected chi connectivity index (χ4v) is 2.04. The maximum Gasteiger partial charge on any atom is 0.0619 e. The average Bonchev–Trinajstić information content (AvgIpc) is 2.24. The zero-order chi connectivity index (χ0) is 11.7. The summed E-state index contributed by atoms with van der Waals surface area (Å²) in [6.45, 7) is 0. The minimum atomic E-state index is 0.565. The van der Waals surface area contributed by atoms with Crippen LogP contribution in [0, 0.1) is 0 Å². The van der Waals surface area contributed by atoms with Crippen molar-refractivity contribution >= 4 is 35.6 Å². The van der Waals surface area contributed by atoms with E-state index in [1.807, 2.05) is 24.3 Å². The molecule has 82 valence electrons. The molecule has 2 rings (SSSR count). The quantitative estimate of drug-likeness (QED) is 0.536. The maximum absolute atomic E-state index is 6.18. The van der Waals surface area contributed by atoms with Gasteiger partial charge in [-0.05, 0) is 18.2 Å². The van der Waals surface area contributed by atoms with Crippen molar-refractivity contribution in [2.75, 3.05) is 11.5 Å². The molecule has 0 amide bonds. The lowest BCUT2D eigenvalue weighted by atomic mass is 10.0. The van der Waals surface area contributed by atoms with Gasteiger partial charge in [0.2, 0.25) is 0 Å². The van der Waals surface area contributed by atoms with E-state index in [0.717, 1.165) is 11.1 Å². The Morgan fingerprint density at radius 1 is 0.938 bits per heavy atom. The summed E-state index contributed by atoms with van der Waals surface area (Å²) in [4.78, 5) is 0.710. The summed E-state index contributed by atoms with van der Waals surface area (Å²) in [5.74, 6) is 0. The summed E-state index contributed by atoms with van der Waals surface area (Å²) in [7, 11) is 0. The predicted octanol–water partition coefficient (Wildman–Crippen LogP) is 3.46. The van der Waals surface area contributed by atoms with Crippen LogP contribution in [0.25, 0.3) is 11.1 Å². The molecule has 4 heteroatoms. The first-order chi connectivity index (χ1) is 7.61. The van der Waals surface area contributed by atoms with E-state index in [-0.39, 0.29) is 0 Å². The van der Waals surface area contributed by atoms with Gasteiger partial charge in [-0.15, -0.1) is 12.6 Å². The van der Waals surface area contributed by atoms with Crippen LogP contribution in [0.2, 0.25) is 5.02 Å². The summed E-state index contributed by atoms with van der Waals surface area (Å²) in [5, 5.41) is 0.565. The second kappa shape index (κ2) is 4.28. The molecular formula is C12H11ClN2S. The zero-order valence-electron chi connectivity index (χ0n) is 8.44. The SMILES string of the molecule is Nc1cccc(N)c1-c1cccc(S)c1Cl. The lowest BCUT2D eigenvalue weighted by molar-refractivity contribution is 1.46. The van der Waals surface area contributed by atoms with Gasteiger partial charge in [0.05, 0.1) is 5.02 Å². The van der Waals surface area contributed by atoms with Crippen LogP contribution in [0.5, 0.6) is 0 Å². The zero-order valence-corrected chi connectivity index (χ0v) is 10.1. The Morgan fingerprint density at radius 3 is 2.12 bits per heavy atom. The van der Waals surface area contributed by atoms with Crippen molar-refractivity contribution in [2.45, 2.75) is 4.90 Å². The van der Waals surface area contributed by atoms with Gasteiger partial charge in [-0.1, -0.05) is 29.8 Å². The van der Waals surface area contributed by atoms with Gasteiger partial charge in [-0.25, -0.2) is 0 Å². The topological polar surface area (TPSA) is 52.0 Å². The molecular weight excluding hydrogens is 240 g/mol. The molecule has 0 aromatic heterocycles. The van der Waals surface area contributed by atoms with Crippen LogP contribution in [0.4, 0.5) is 11.4 Å². The standard InChI is InChI=1S/C12H11ClN2S/c13-12-7(3-1-6-10(12)16)11-8(14)4-2-5-9(11)15/h1-6,16H,14-15H2. The summed E-state index contributed by atoms with van der Waals surface area (Å²) in [6.07, 6.45) is 0. The first-order valence-electron chi connectivity index (χ1n) is 4.73. The fraction of sp³-hybridized carbons (Fsp3) is 0. The molecule has 0 atom stereocenters. The number of halogens is 1. The molecule has 0 aliphatic heterocycles. The Kier molecular flexibility index (Phi) is 2.99. The molecule has 0 saturated carbocycles. The lowest BCUT2D eigenvalue weighted by Gasteiger charge is -2.11. The predicted molar refractivity (Wildman–Crippen MR) is 73.0 cm³/mol. The van der Waals surface area contributed by atoms with E-state index < -0.39 is 0 Å². The number of rotatable bonds is 1. The molecule has 0 fully saturated rings. The fourth-order valence-electron chi connectivity index (χ4n) is 1.61. The van der Waals surface area contributed by atoms with Crippen LogP contribution < -0.4 is 11.5 Å². The van der Waals surface area contributed by atoms with Gasteiger partial charge in [0.25, 0.3) is 0 Å². The number of thiol groups is 1. The van der Waals surface area contributed by atoms with Gasteiger partial charge in [-0.2, -0.15) is 0 Å². The molecule has 0 saturated heterocycles. The van der Waals surface area contributed by atoms with Gasteiger partial charge in [-0.3, -0.25) is 0 Å². The molecule has 16 heavy (non-hydrogen) atoms. The molecule has 0 spiro atoms. The van der Waals surface area contributed by atoms with E-state index in [2.05, 4.69) is 12.6 Å². The van der Waals surface area contributed by atoms with Crippen LogP contribution in [0.15, 0.2) is 41.3 Å². The van der Waals surface area contributed by atoms with Crippen molar-refractivity contribution in [1.29, 1.82) is 0 Å². The van der Waals surface area contributed by atoms with Crippen molar-refractivity contribution in [3.63, 3.8) is 0 Å². The van der Waals surface area contributed by atoms with Gasteiger partial charge < -0.3 is 11.5 Å². The van der Waals surface area contributed by atoms with E-state index in [9.17, 15) is 0 Å². The van der Waals surface area contributed by atoms with Gasteiger partial charge >= 0.3 is 0 Å². The Bertz CT molecular complexity index is 520. The molecule has 2 aromatic carbocycles. The Balaban J connectivity index is 2.73. The summed E-state index contributed by atoms with van der Waals surface area (Å²) >= 11 is 10.5. The number of nitrogens with two attached hydrogens (primary N) is 2. The molecule has 0 heterocycles. The second-order valence-corrected chi connectivity index (χ2v) is 4.31. The van der Waals surface area contributed by atoms with Gasteiger partial charge in [0, 0.05) is 27.4 Å². The first-order valence-corrected chi connectivity index (χ1v) is 5.55. The van der Waals surface area contributed by atoms with Crippen LogP contribution in [-0.2, 0) is 0 Å². The van der Waals surface area contributed by atoms with E-state index in [4.69, 9.17) is 23.1 Å². The highest BCUT2D eigenvalue weighted by Gasteiger charge is 2.11. The maximum atomic E-state index is 6.18.